The first kappa shape index (κ1) is 25.4. The third-order valence-electron chi connectivity index (χ3n) is 7.20. The maximum atomic E-state index is 13.6. The molecule has 0 radical (unpaired) electrons. The molecule has 0 saturated carbocycles. The summed E-state index contributed by atoms with van der Waals surface area (Å²) in [5.41, 5.74) is 4.07. The highest BCUT2D eigenvalue weighted by Crippen LogP contribution is 2.45. The minimum absolute atomic E-state index is 0.0276. The van der Waals surface area contributed by atoms with Crippen LogP contribution in [0.15, 0.2) is 66.2 Å². The third kappa shape index (κ3) is 4.49. The molecule has 1 unspecified atom stereocenters. The zero-order valence-electron chi connectivity index (χ0n) is 21.8. The molecule has 3 aromatic carbocycles. The highest BCUT2D eigenvalue weighted by Gasteiger charge is 2.47. The van der Waals surface area contributed by atoms with Crippen LogP contribution in [0, 0.1) is 0 Å². The Kier molecular flexibility index (Phi) is 7.09. The van der Waals surface area contributed by atoms with Crippen molar-refractivity contribution in [2.24, 2.45) is 0 Å². The fourth-order valence-electron chi connectivity index (χ4n) is 5.36. The van der Waals surface area contributed by atoms with Crippen LogP contribution in [0.5, 0.6) is 17.2 Å². The normalized spacial score (nSPS) is 18.3. The molecule has 1 N–H and O–H groups in total. The van der Waals surface area contributed by atoms with Gasteiger partial charge >= 0.3 is 0 Å². The highest BCUT2D eigenvalue weighted by molar-refractivity contribution is 6.51. The SMILES string of the molecule is CCOc1cccc(N2C(=O)C(=O)/C(=C(/O)c3ccc4c(c3)CCCC4)C2c2ccc(OC)c(OC)c2)c1. The second-order valence-corrected chi connectivity index (χ2v) is 9.40. The number of ether oxygens (including phenoxy) is 3. The Morgan fingerprint density at radius 1 is 0.921 bits per heavy atom. The lowest BCUT2D eigenvalue weighted by Crippen LogP contribution is -2.29. The lowest BCUT2D eigenvalue weighted by atomic mass is 9.88. The minimum atomic E-state index is -0.886. The zero-order valence-corrected chi connectivity index (χ0v) is 21.8. The maximum Gasteiger partial charge on any atom is 0.300 e. The van der Waals surface area contributed by atoms with Crippen LogP contribution >= 0.6 is 0 Å². The molecule has 2 aliphatic rings. The zero-order chi connectivity index (χ0) is 26.8. The molecule has 0 spiro atoms. The predicted molar refractivity (Wildman–Crippen MR) is 145 cm³/mol. The Morgan fingerprint density at radius 2 is 1.68 bits per heavy atom. The second kappa shape index (κ2) is 10.6. The Bertz CT molecular complexity index is 1430. The number of amides is 1. The molecular formula is C31H31NO6. The Hall–Kier alpha value is -4.26. The summed E-state index contributed by atoms with van der Waals surface area (Å²) in [6.45, 7) is 2.33. The summed E-state index contributed by atoms with van der Waals surface area (Å²) in [5.74, 6) is -0.124. The number of nitrogens with zero attached hydrogens (tertiary/aromatic N) is 1. The van der Waals surface area contributed by atoms with Gasteiger partial charge in [-0.15, -0.1) is 0 Å². The highest BCUT2D eigenvalue weighted by atomic mass is 16.5. The molecule has 7 heteroatoms. The number of anilines is 1. The fourth-order valence-corrected chi connectivity index (χ4v) is 5.36. The number of rotatable bonds is 7. The number of aryl methyl sites for hydroxylation is 2. The number of fused-ring (bicyclic) bond motifs is 1. The summed E-state index contributed by atoms with van der Waals surface area (Å²) >= 11 is 0. The smallest absolute Gasteiger partial charge is 0.300 e. The molecular weight excluding hydrogens is 482 g/mol. The van der Waals surface area contributed by atoms with E-state index in [1.54, 1.807) is 49.6 Å². The van der Waals surface area contributed by atoms with Crippen LogP contribution < -0.4 is 19.1 Å². The molecule has 1 saturated heterocycles. The number of benzene rings is 3. The molecule has 7 nitrogen and oxygen atoms in total. The number of Topliss-reactive ketones (excluding diaryl/α,β-unsaturated/α-hetero) is 1. The van der Waals surface area contributed by atoms with E-state index in [0.717, 1.165) is 25.7 Å². The molecule has 1 amide bonds. The van der Waals surface area contributed by atoms with Crippen LogP contribution in [0.4, 0.5) is 5.69 Å². The van der Waals surface area contributed by atoms with E-state index in [9.17, 15) is 14.7 Å². The van der Waals surface area contributed by atoms with Crippen molar-refractivity contribution in [3.8, 4) is 17.2 Å². The monoisotopic (exact) mass is 513 g/mol. The van der Waals surface area contributed by atoms with Crippen LogP contribution in [0.3, 0.4) is 0 Å². The first-order valence-corrected chi connectivity index (χ1v) is 12.8. The van der Waals surface area contributed by atoms with E-state index in [4.69, 9.17) is 14.2 Å². The van der Waals surface area contributed by atoms with Gasteiger partial charge in [-0.25, -0.2) is 0 Å². The Morgan fingerprint density at radius 3 is 2.42 bits per heavy atom. The summed E-state index contributed by atoms with van der Waals surface area (Å²) in [5, 5.41) is 11.6. The van der Waals surface area contributed by atoms with E-state index in [-0.39, 0.29) is 11.3 Å². The van der Waals surface area contributed by atoms with Gasteiger partial charge < -0.3 is 19.3 Å². The molecule has 1 aliphatic carbocycles. The molecule has 1 fully saturated rings. The molecule has 1 atom stereocenters. The quantitative estimate of drug-likeness (QED) is 0.251. The maximum absolute atomic E-state index is 13.6. The van der Waals surface area contributed by atoms with Crippen LogP contribution in [-0.2, 0) is 22.4 Å². The van der Waals surface area contributed by atoms with Crippen molar-refractivity contribution in [2.45, 2.75) is 38.6 Å². The van der Waals surface area contributed by atoms with Crippen molar-refractivity contribution in [1.29, 1.82) is 0 Å². The van der Waals surface area contributed by atoms with Crippen molar-refractivity contribution < 1.29 is 28.9 Å². The molecule has 0 bridgehead atoms. The topological polar surface area (TPSA) is 85.3 Å². The number of aliphatic hydroxyl groups is 1. The summed E-state index contributed by atoms with van der Waals surface area (Å²) in [6, 6.07) is 17.2. The lowest BCUT2D eigenvalue weighted by Gasteiger charge is -2.26. The first-order chi connectivity index (χ1) is 18.5. The molecule has 38 heavy (non-hydrogen) atoms. The summed E-state index contributed by atoms with van der Waals surface area (Å²) in [4.78, 5) is 28.5. The number of ketones is 1. The van der Waals surface area contributed by atoms with Crippen LogP contribution in [0.2, 0.25) is 0 Å². The minimum Gasteiger partial charge on any atom is -0.507 e. The van der Waals surface area contributed by atoms with Gasteiger partial charge in [-0.05, 0) is 79.6 Å². The van der Waals surface area contributed by atoms with E-state index >= 15 is 0 Å². The van der Waals surface area contributed by atoms with Gasteiger partial charge in [0.15, 0.2) is 11.5 Å². The van der Waals surface area contributed by atoms with Crippen molar-refractivity contribution in [3.63, 3.8) is 0 Å². The Labute approximate surface area is 222 Å². The van der Waals surface area contributed by atoms with Crippen molar-refractivity contribution in [2.75, 3.05) is 25.7 Å². The van der Waals surface area contributed by atoms with E-state index in [1.165, 1.54) is 23.1 Å². The van der Waals surface area contributed by atoms with E-state index < -0.39 is 17.7 Å². The molecule has 5 rings (SSSR count). The average Bonchev–Trinajstić information content (AvgIpc) is 3.22. The molecule has 0 aromatic heterocycles. The van der Waals surface area contributed by atoms with Crippen molar-refractivity contribution >= 4 is 23.1 Å². The molecule has 1 aliphatic heterocycles. The van der Waals surface area contributed by atoms with Gasteiger partial charge in [-0.1, -0.05) is 24.3 Å². The summed E-state index contributed by atoms with van der Waals surface area (Å²) < 4.78 is 16.6. The number of carbonyl (C=O) groups excluding carboxylic acids is 2. The van der Waals surface area contributed by atoms with Gasteiger partial charge in [0.05, 0.1) is 32.4 Å². The van der Waals surface area contributed by atoms with Gasteiger partial charge in [0.2, 0.25) is 0 Å². The third-order valence-corrected chi connectivity index (χ3v) is 7.20. The molecule has 1 heterocycles. The number of hydrogen-bond acceptors (Lipinski definition) is 6. The number of hydrogen-bond donors (Lipinski definition) is 1. The van der Waals surface area contributed by atoms with Gasteiger partial charge in [-0.2, -0.15) is 0 Å². The van der Waals surface area contributed by atoms with E-state index in [0.29, 0.717) is 40.7 Å². The van der Waals surface area contributed by atoms with E-state index in [2.05, 4.69) is 0 Å². The standard InChI is InChI=1S/C31H31NO6/c1-4-38-24-11-7-10-23(18-24)32-28(21-14-15-25(36-2)26(17-21)37-3)27(30(34)31(32)35)29(33)22-13-12-19-8-5-6-9-20(19)16-22/h7,10-18,28,33H,4-6,8-9H2,1-3H3/b29-27+. The summed E-state index contributed by atoms with van der Waals surface area (Å²) in [7, 11) is 3.07. The van der Waals surface area contributed by atoms with Gasteiger partial charge in [-0.3, -0.25) is 14.5 Å². The molecule has 196 valence electrons. The largest absolute Gasteiger partial charge is 0.507 e. The predicted octanol–water partition coefficient (Wildman–Crippen LogP) is 5.61. The van der Waals surface area contributed by atoms with Crippen LogP contribution in [-0.4, -0.2) is 37.6 Å². The second-order valence-electron chi connectivity index (χ2n) is 9.40. The average molecular weight is 514 g/mol. The van der Waals surface area contributed by atoms with E-state index in [1.807, 2.05) is 25.1 Å². The van der Waals surface area contributed by atoms with Crippen LogP contribution in [0.25, 0.3) is 5.76 Å². The number of carbonyl (C=O) groups is 2. The fraction of sp³-hybridized carbons (Fsp3) is 0.290. The van der Waals surface area contributed by atoms with Gasteiger partial charge in [0.25, 0.3) is 11.7 Å². The summed E-state index contributed by atoms with van der Waals surface area (Å²) in [6.07, 6.45) is 4.16. The number of methoxy groups -OCH3 is 2. The molecule has 3 aromatic rings. The van der Waals surface area contributed by atoms with Gasteiger partial charge in [0, 0.05) is 17.3 Å². The Balaban J connectivity index is 1.70. The van der Waals surface area contributed by atoms with Crippen LogP contribution in [0.1, 0.15) is 48.1 Å². The number of aliphatic hydroxyl groups excluding tert-OH is 1. The lowest BCUT2D eigenvalue weighted by molar-refractivity contribution is -0.132. The first-order valence-electron chi connectivity index (χ1n) is 12.8. The van der Waals surface area contributed by atoms with Gasteiger partial charge in [0.1, 0.15) is 11.5 Å². The van der Waals surface area contributed by atoms with Crippen molar-refractivity contribution in [1.82, 2.24) is 0 Å². The van der Waals surface area contributed by atoms with Crippen molar-refractivity contribution in [3.05, 3.63) is 88.5 Å².